The number of aromatic nitrogens is 2. The SMILES string of the molecule is O=C1NCCCn2nc(C3CCN(C(=O)/C=C/c4ccccc4)CC3)cc21. The molecule has 140 valence electrons. The van der Waals surface area contributed by atoms with Gasteiger partial charge in [-0.15, -0.1) is 0 Å². The summed E-state index contributed by atoms with van der Waals surface area (Å²) in [5, 5.41) is 7.58. The largest absolute Gasteiger partial charge is 0.351 e. The van der Waals surface area contributed by atoms with Crippen LogP contribution in [0.3, 0.4) is 0 Å². The van der Waals surface area contributed by atoms with Crippen LogP contribution < -0.4 is 5.32 Å². The molecule has 1 aromatic heterocycles. The number of likely N-dealkylation sites (tertiary alicyclic amines) is 1. The number of rotatable bonds is 3. The van der Waals surface area contributed by atoms with E-state index >= 15 is 0 Å². The quantitative estimate of drug-likeness (QED) is 0.851. The first-order valence-electron chi connectivity index (χ1n) is 9.59. The lowest BCUT2D eigenvalue weighted by Gasteiger charge is -2.30. The molecule has 0 unspecified atom stereocenters. The van der Waals surface area contributed by atoms with Gasteiger partial charge in [0.15, 0.2) is 0 Å². The highest BCUT2D eigenvalue weighted by molar-refractivity contribution is 5.93. The number of nitrogens with zero attached hydrogens (tertiary/aromatic N) is 3. The van der Waals surface area contributed by atoms with Gasteiger partial charge in [0.2, 0.25) is 5.91 Å². The summed E-state index contributed by atoms with van der Waals surface area (Å²) in [6, 6.07) is 11.8. The Hall–Kier alpha value is -2.89. The zero-order chi connectivity index (χ0) is 18.6. The topological polar surface area (TPSA) is 67.2 Å². The van der Waals surface area contributed by atoms with E-state index in [1.54, 1.807) is 6.08 Å². The van der Waals surface area contributed by atoms with E-state index in [-0.39, 0.29) is 11.8 Å². The van der Waals surface area contributed by atoms with Gasteiger partial charge in [0.05, 0.1) is 5.69 Å². The van der Waals surface area contributed by atoms with Gasteiger partial charge in [-0.1, -0.05) is 30.3 Å². The van der Waals surface area contributed by atoms with E-state index < -0.39 is 0 Å². The summed E-state index contributed by atoms with van der Waals surface area (Å²) >= 11 is 0. The van der Waals surface area contributed by atoms with Crippen LogP contribution in [-0.4, -0.2) is 46.1 Å². The van der Waals surface area contributed by atoms with Gasteiger partial charge in [-0.3, -0.25) is 14.3 Å². The van der Waals surface area contributed by atoms with Crippen LogP contribution in [0.15, 0.2) is 42.5 Å². The third kappa shape index (κ3) is 3.94. The molecule has 1 N–H and O–H groups in total. The maximum atomic E-state index is 12.4. The number of hydrogen-bond acceptors (Lipinski definition) is 3. The number of fused-ring (bicyclic) bond motifs is 1. The summed E-state index contributed by atoms with van der Waals surface area (Å²) in [6.45, 7) is 2.91. The Morgan fingerprint density at radius 3 is 2.70 bits per heavy atom. The molecule has 1 aromatic carbocycles. The molecule has 0 atom stereocenters. The van der Waals surface area contributed by atoms with Crippen molar-refractivity contribution in [2.75, 3.05) is 19.6 Å². The van der Waals surface area contributed by atoms with E-state index in [2.05, 4.69) is 10.4 Å². The van der Waals surface area contributed by atoms with E-state index in [0.717, 1.165) is 50.2 Å². The monoisotopic (exact) mass is 364 g/mol. The molecule has 4 rings (SSSR count). The fourth-order valence-corrected chi connectivity index (χ4v) is 3.74. The molecule has 1 saturated heterocycles. The first kappa shape index (κ1) is 17.5. The summed E-state index contributed by atoms with van der Waals surface area (Å²) in [6.07, 6.45) is 6.17. The zero-order valence-electron chi connectivity index (χ0n) is 15.3. The maximum Gasteiger partial charge on any atom is 0.269 e. The molecule has 0 bridgehead atoms. The molecule has 2 aliphatic rings. The highest BCUT2D eigenvalue weighted by Crippen LogP contribution is 2.28. The second kappa shape index (κ2) is 7.78. The van der Waals surface area contributed by atoms with Crippen molar-refractivity contribution in [1.82, 2.24) is 20.0 Å². The van der Waals surface area contributed by atoms with Gasteiger partial charge in [-0.25, -0.2) is 0 Å². The van der Waals surface area contributed by atoms with Gasteiger partial charge >= 0.3 is 0 Å². The minimum absolute atomic E-state index is 0.0371. The van der Waals surface area contributed by atoms with Gasteiger partial charge in [-0.05, 0) is 37.0 Å². The lowest BCUT2D eigenvalue weighted by Crippen LogP contribution is -2.37. The molecule has 0 spiro atoms. The van der Waals surface area contributed by atoms with Crippen LogP contribution in [0.2, 0.25) is 0 Å². The minimum Gasteiger partial charge on any atom is -0.351 e. The fraction of sp³-hybridized carbons (Fsp3) is 0.381. The van der Waals surface area contributed by atoms with Gasteiger partial charge in [0.25, 0.3) is 5.91 Å². The molecule has 2 aliphatic heterocycles. The first-order valence-corrected chi connectivity index (χ1v) is 9.59. The van der Waals surface area contributed by atoms with Crippen LogP contribution in [-0.2, 0) is 11.3 Å². The summed E-state index contributed by atoms with van der Waals surface area (Å²) in [5.74, 6) is 0.321. The predicted molar refractivity (Wildman–Crippen MR) is 103 cm³/mol. The number of amides is 2. The molecular formula is C21H24N4O2. The highest BCUT2D eigenvalue weighted by Gasteiger charge is 2.27. The second-order valence-corrected chi connectivity index (χ2v) is 7.13. The van der Waals surface area contributed by atoms with Crippen LogP contribution in [0, 0.1) is 0 Å². The van der Waals surface area contributed by atoms with Crippen molar-refractivity contribution in [3.05, 3.63) is 59.4 Å². The Kier molecular flexibility index (Phi) is 5.05. The number of nitrogens with one attached hydrogen (secondary N) is 1. The normalized spacial score (nSPS) is 18.2. The van der Waals surface area contributed by atoms with Gasteiger partial charge < -0.3 is 10.2 Å². The molecule has 0 aliphatic carbocycles. The van der Waals surface area contributed by atoms with Crippen LogP contribution in [0.25, 0.3) is 6.08 Å². The average molecular weight is 364 g/mol. The predicted octanol–water partition coefficient (Wildman–Crippen LogP) is 2.44. The van der Waals surface area contributed by atoms with Crippen molar-refractivity contribution in [2.24, 2.45) is 0 Å². The Morgan fingerprint density at radius 2 is 1.93 bits per heavy atom. The molecule has 2 aromatic rings. The number of aryl methyl sites for hydroxylation is 1. The van der Waals surface area contributed by atoms with Crippen molar-refractivity contribution in [1.29, 1.82) is 0 Å². The van der Waals surface area contributed by atoms with Crippen molar-refractivity contribution in [3.8, 4) is 0 Å². The van der Waals surface area contributed by atoms with Crippen molar-refractivity contribution >= 4 is 17.9 Å². The molecule has 2 amide bonds. The summed E-state index contributed by atoms with van der Waals surface area (Å²) < 4.78 is 1.83. The third-order valence-electron chi connectivity index (χ3n) is 5.31. The van der Waals surface area contributed by atoms with Gasteiger partial charge in [-0.2, -0.15) is 5.10 Å². The molecule has 27 heavy (non-hydrogen) atoms. The van der Waals surface area contributed by atoms with Gasteiger partial charge in [0, 0.05) is 38.2 Å². The van der Waals surface area contributed by atoms with Crippen LogP contribution in [0.4, 0.5) is 0 Å². The Morgan fingerprint density at radius 1 is 1.15 bits per heavy atom. The summed E-state index contributed by atoms with van der Waals surface area (Å²) in [7, 11) is 0. The lowest BCUT2D eigenvalue weighted by atomic mass is 9.93. The van der Waals surface area contributed by atoms with E-state index in [0.29, 0.717) is 18.2 Å². The molecule has 6 heteroatoms. The molecule has 1 fully saturated rings. The third-order valence-corrected chi connectivity index (χ3v) is 5.31. The number of piperidine rings is 1. The molecule has 3 heterocycles. The van der Waals surface area contributed by atoms with Crippen molar-refractivity contribution in [2.45, 2.75) is 31.7 Å². The second-order valence-electron chi connectivity index (χ2n) is 7.13. The summed E-state index contributed by atoms with van der Waals surface area (Å²) in [4.78, 5) is 26.4. The number of carbonyl (C=O) groups excluding carboxylic acids is 2. The van der Waals surface area contributed by atoms with Crippen LogP contribution >= 0.6 is 0 Å². The van der Waals surface area contributed by atoms with E-state index in [9.17, 15) is 9.59 Å². The highest BCUT2D eigenvalue weighted by atomic mass is 16.2. The first-order chi connectivity index (χ1) is 13.2. The molecular weight excluding hydrogens is 340 g/mol. The average Bonchev–Trinajstić information content (AvgIpc) is 3.07. The van der Waals surface area contributed by atoms with Crippen molar-refractivity contribution in [3.63, 3.8) is 0 Å². The van der Waals surface area contributed by atoms with Crippen LogP contribution in [0.5, 0.6) is 0 Å². The Bertz CT molecular complexity index is 848. The Balaban J connectivity index is 1.36. The van der Waals surface area contributed by atoms with Crippen LogP contribution in [0.1, 0.15) is 46.9 Å². The molecule has 0 saturated carbocycles. The number of hydrogen-bond donors (Lipinski definition) is 1. The maximum absolute atomic E-state index is 12.4. The Labute approximate surface area is 158 Å². The zero-order valence-corrected chi connectivity index (χ0v) is 15.3. The van der Waals surface area contributed by atoms with Crippen molar-refractivity contribution < 1.29 is 9.59 Å². The lowest BCUT2D eigenvalue weighted by molar-refractivity contribution is -0.127. The van der Waals surface area contributed by atoms with E-state index in [1.165, 1.54) is 0 Å². The minimum atomic E-state index is -0.0371. The molecule has 0 radical (unpaired) electrons. The smallest absolute Gasteiger partial charge is 0.269 e. The van der Waals surface area contributed by atoms with E-state index in [1.807, 2.05) is 52.1 Å². The number of carbonyl (C=O) groups is 2. The summed E-state index contributed by atoms with van der Waals surface area (Å²) in [5.41, 5.74) is 2.67. The number of benzene rings is 1. The standard InChI is InChI=1S/C21H24N4O2/c26-20(8-7-16-5-2-1-3-6-16)24-13-9-17(10-14-24)18-15-19-21(27)22-11-4-12-25(19)23-18/h1-3,5-8,15,17H,4,9-14H2,(H,22,27)/b8-7+. The molecule has 6 nitrogen and oxygen atoms in total. The van der Waals surface area contributed by atoms with E-state index in [4.69, 9.17) is 0 Å². The fourth-order valence-electron chi connectivity index (χ4n) is 3.74. The van der Waals surface area contributed by atoms with Gasteiger partial charge in [0.1, 0.15) is 5.69 Å².